The lowest BCUT2D eigenvalue weighted by atomic mass is 9.86. The Morgan fingerprint density at radius 3 is 2.38 bits per heavy atom. The predicted octanol–water partition coefficient (Wildman–Crippen LogP) is 3.43. The van der Waals surface area contributed by atoms with Crippen molar-refractivity contribution in [3.8, 4) is 0 Å². The topological polar surface area (TPSA) is 75.7 Å². The summed E-state index contributed by atoms with van der Waals surface area (Å²) in [6, 6.07) is 6.97. The molecule has 1 saturated heterocycles. The third-order valence-electron chi connectivity index (χ3n) is 6.01. The van der Waals surface area contributed by atoms with Gasteiger partial charge in [0.05, 0.1) is 5.92 Å². The van der Waals surface area contributed by atoms with Crippen LogP contribution in [0.1, 0.15) is 55.8 Å². The van der Waals surface area contributed by atoms with Gasteiger partial charge in [0.15, 0.2) is 6.61 Å². The van der Waals surface area contributed by atoms with E-state index in [1.165, 1.54) is 6.42 Å². The molecule has 1 aromatic carbocycles. The minimum absolute atomic E-state index is 0.0607. The normalized spacial score (nSPS) is 22.8. The van der Waals surface area contributed by atoms with Crippen molar-refractivity contribution in [2.24, 2.45) is 11.8 Å². The van der Waals surface area contributed by atoms with Crippen LogP contribution in [0.3, 0.4) is 0 Å². The highest BCUT2D eigenvalue weighted by molar-refractivity contribution is 6.30. The van der Waals surface area contributed by atoms with Crippen LogP contribution in [-0.4, -0.2) is 48.4 Å². The molecular formula is C22H29ClN2O4. The number of halogens is 1. The summed E-state index contributed by atoms with van der Waals surface area (Å²) in [4.78, 5) is 38.7. The Labute approximate surface area is 176 Å². The Balaban J connectivity index is 1.40. The largest absolute Gasteiger partial charge is 0.455 e. The number of nitrogens with one attached hydrogen (secondary N) is 1. The Morgan fingerprint density at radius 1 is 1.07 bits per heavy atom. The van der Waals surface area contributed by atoms with Crippen molar-refractivity contribution in [1.82, 2.24) is 10.2 Å². The number of rotatable bonds is 5. The maximum Gasteiger partial charge on any atom is 0.309 e. The fourth-order valence-corrected chi connectivity index (χ4v) is 4.25. The summed E-state index contributed by atoms with van der Waals surface area (Å²) in [7, 11) is 0. The third-order valence-corrected chi connectivity index (χ3v) is 6.26. The van der Waals surface area contributed by atoms with Gasteiger partial charge in [-0.25, -0.2) is 0 Å². The summed E-state index contributed by atoms with van der Waals surface area (Å²) in [5.41, 5.74) is 0.587. The first-order valence-corrected chi connectivity index (χ1v) is 10.8. The molecule has 0 radical (unpaired) electrons. The van der Waals surface area contributed by atoms with E-state index >= 15 is 0 Å². The second-order valence-electron chi connectivity index (χ2n) is 8.12. The summed E-state index contributed by atoms with van der Waals surface area (Å²) in [5.74, 6) is -0.450. The SMILES string of the molecule is C[C@H]1CCCC[C@@H]1NC(=O)COC(=O)C1CCN(C(=O)c2ccc(Cl)cc2)CC1. The van der Waals surface area contributed by atoms with Crippen molar-refractivity contribution >= 4 is 29.4 Å². The van der Waals surface area contributed by atoms with Gasteiger partial charge in [0.25, 0.3) is 11.8 Å². The van der Waals surface area contributed by atoms with E-state index in [-0.39, 0.29) is 36.4 Å². The average molecular weight is 421 g/mol. The van der Waals surface area contributed by atoms with Gasteiger partial charge in [0, 0.05) is 29.7 Å². The van der Waals surface area contributed by atoms with Crippen LogP contribution in [-0.2, 0) is 14.3 Å². The first-order chi connectivity index (χ1) is 13.9. The van der Waals surface area contributed by atoms with Gasteiger partial charge in [-0.1, -0.05) is 31.4 Å². The second kappa shape index (κ2) is 10.1. The lowest BCUT2D eigenvalue weighted by Gasteiger charge is -2.31. The van der Waals surface area contributed by atoms with Crippen LogP contribution in [0, 0.1) is 11.8 Å². The molecule has 2 aliphatic rings. The maximum atomic E-state index is 12.5. The molecule has 2 amide bonds. The monoisotopic (exact) mass is 420 g/mol. The summed E-state index contributed by atoms with van der Waals surface area (Å²) < 4.78 is 5.24. The number of benzene rings is 1. The van der Waals surface area contributed by atoms with Gasteiger partial charge in [0.1, 0.15) is 0 Å². The van der Waals surface area contributed by atoms with Gasteiger partial charge in [0.2, 0.25) is 0 Å². The Bertz CT molecular complexity index is 729. The minimum Gasteiger partial charge on any atom is -0.455 e. The van der Waals surface area contributed by atoms with E-state index in [1.807, 2.05) is 0 Å². The van der Waals surface area contributed by atoms with Crippen molar-refractivity contribution in [1.29, 1.82) is 0 Å². The average Bonchev–Trinajstić information content (AvgIpc) is 2.74. The fourth-order valence-electron chi connectivity index (χ4n) is 4.13. The number of amides is 2. The summed E-state index contributed by atoms with van der Waals surface area (Å²) in [6.07, 6.45) is 5.53. The zero-order chi connectivity index (χ0) is 20.8. The molecule has 0 unspecified atom stereocenters. The van der Waals surface area contributed by atoms with Gasteiger partial charge >= 0.3 is 5.97 Å². The van der Waals surface area contributed by atoms with Crippen molar-refractivity contribution in [2.45, 2.75) is 51.5 Å². The first kappa shape index (κ1) is 21.6. The van der Waals surface area contributed by atoms with Crippen molar-refractivity contribution in [3.63, 3.8) is 0 Å². The molecular weight excluding hydrogens is 392 g/mol. The van der Waals surface area contributed by atoms with E-state index in [0.717, 1.165) is 19.3 Å². The first-order valence-electron chi connectivity index (χ1n) is 10.4. The molecule has 1 saturated carbocycles. The number of hydrogen-bond acceptors (Lipinski definition) is 4. The third kappa shape index (κ3) is 5.95. The number of carbonyl (C=O) groups excluding carboxylic acids is 3. The number of ether oxygens (including phenoxy) is 1. The lowest BCUT2D eigenvalue weighted by Crippen LogP contribution is -2.44. The molecule has 1 N–H and O–H groups in total. The molecule has 1 aliphatic carbocycles. The molecule has 0 bridgehead atoms. The molecule has 29 heavy (non-hydrogen) atoms. The smallest absolute Gasteiger partial charge is 0.309 e. The van der Waals surface area contributed by atoms with Crippen LogP contribution in [0.5, 0.6) is 0 Å². The van der Waals surface area contributed by atoms with Crippen LogP contribution in [0.2, 0.25) is 5.02 Å². The number of carbonyl (C=O) groups is 3. The van der Waals surface area contributed by atoms with Gasteiger partial charge < -0.3 is 15.0 Å². The van der Waals surface area contributed by atoms with Crippen LogP contribution < -0.4 is 5.32 Å². The number of esters is 1. The van der Waals surface area contributed by atoms with E-state index in [4.69, 9.17) is 16.3 Å². The Hall–Kier alpha value is -2.08. The molecule has 0 aromatic heterocycles. The molecule has 3 rings (SSSR count). The van der Waals surface area contributed by atoms with Crippen LogP contribution >= 0.6 is 11.6 Å². The van der Waals surface area contributed by atoms with Crippen LogP contribution in [0.25, 0.3) is 0 Å². The molecule has 2 atom stereocenters. The molecule has 1 aliphatic heterocycles. The molecule has 1 heterocycles. The standard InChI is InChI=1S/C22H29ClN2O4/c1-15-4-2-3-5-19(15)24-20(26)14-29-22(28)17-10-12-25(13-11-17)21(27)16-6-8-18(23)9-7-16/h6-9,15,17,19H,2-5,10-14H2,1H3,(H,24,26)/t15-,19-/m0/s1. The van der Waals surface area contributed by atoms with E-state index in [0.29, 0.717) is 42.4 Å². The predicted molar refractivity (Wildman–Crippen MR) is 111 cm³/mol. The van der Waals surface area contributed by atoms with Crippen LogP contribution in [0.4, 0.5) is 0 Å². The quantitative estimate of drug-likeness (QED) is 0.740. The number of likely N-dealkylation sites (tertiary alicyclic amines) is 1. The van der Waals surface area contributed by atoms with Crippen molar-refractivity contribution < 1.29 is 19.1 Å². The molecule has 2 fully saturated rings. The molecule has 0 spiro atoms. The highest BCUT2D eigenvalue weighted by Crippen LogP contribution is 2.24. The summed E-state index contributed by atoms with van der Waals surface area (Å²) in [6.45, 7) is 2.90. The number of hydrogen-bond donors (Lipinski definition) is 1. The maximum absolute atomic E-state index is 12.5. The zero-order valence-corrected chi connectivity index (χ0v) is 17.6. The van der Waals surface area contributed by atoms with Gasteiger partial charge in [-0.15, -0.1) is 0 Å². The summed E-state index contributed by atoms with van der Waals surface area (Å²) in [5, 5.41) is 3.58. The van der Waals surface area contributed by atoms with Crippen molar-refractivity contribution in [3.05, 3.63) is 34.9 Å². The van der Waals surface area contributed by atoms with Gasteiger partial charge in [-0.2, -0.15) is 0 Å². The summed E-state index contributed by atoms with van der Waals surface area (Å²) >= 11 is 5.86. The molecule has 6 nitrogen and oxygen atoms in total. The van der Waals surface area contributed by atoms with Gasteiger partial charge in [-0.3, -0.25) is 14.4 Å². The van der Waals surface area contributed by atoms with Crippen molar-refractivity contribution in [2.75, 3.05) is 19.7 Å². The zero-order valence-electron chi connectivity index (χ0n) is 16.9. The highest BCUT2D eigenvalue weighted by Gasteiger charge is 2.29. The molecule has 1 aromatic rings. The molecule has 7 heteroatoms. The Kier molecular flexibility index (Phi) is 7.53. The van der Waals surface area contributed by atoms with Crippen LogP contribution in [0.15, 0.2) is 24.3 Å². The fraction of sp³-hybridized carbons (Fsp3) is 0.591. The number of nitrogens with zero attached hydrogens (tertiary/aromatic N) is 1. The second-order valence-corrected chi connectivity index (χ2v) is 8.55. The Morgan fingerprint density at radius 2 is 1.72 bits per heavy atom. The lowest BCUT2D eigenvalue weighted by molar-refractivity contribution is -0.154. The van der Waals surface area contributed by atoms with E-state index in [2.05, 4.69) is 12.2 Å². The van der Waals surface area contributed by atoms with E-state index in [1.54, 1.807) is 29.2 Å². The molecule has 158 valence electrons. The van der Waals surface area contributed by atoms with E-state index in [9.17, 15) is 14.4 Å². The number of piperidine rings is 1. The highest BCUT2D eigenvalue weighted by atomic mass is 35.5. The van der Waals surface area contributed by atoms with Gasteiger partial charge in [-0.05, 0) is 55.9 Å². The van der Waals surface area contributed by atoms with E-state index < -0.39 is 0 Å². The minimum atomic E-state index is -0.351.